The van der Waals surface area contributed by atoms with Gasteiger partial charge in [-0.3, -0.25) is 14.4 Å². The molecule has 0 atom stereocenters. The number of hydrogen-bond acceptors (Lipinski definition) is 2. The van der Waals surface area contributed by atoms with Crippen LogP contribution in [0, 0.1) is 0 Å². The van der Waals surface area contributed by atoms with Gasteiger partial charge in [0.1, 0.15) is 3.72 Å². The molecule has 23 heavy (non-hydrogen) atoms. The van der Waals surface area contributed by atoms with Gasteiger partial charge in [-0.1, -0.05) is 48.5 Å². The first-order valence-electron chi connectivity index (χ1n) is 7.32. The average Bonchev–Trinajstić information content (AvgIpc) is 3.25. The highest BCUT2D eigenvalue weighted by Gasteiger charge is 2.10. The van der Waals surface area contributed by atoms with E-state index in [2.05, 4.69) is 106 Å². The Morgan fingerprint density at radius 3 is 2.26 bits per heavy atom. The highest BCUT2D eigenvalue weighted by Crippen LogP contribution is 2.21. The minimum Gasteiger partial charge on any atom is -0.288 e. The second kappa shape index (κ2) is 12.3. The smallest absolute Gasteiger partial charge is 0.103 e. The number of alkyl halides is 1. The van der Waals surface area contributed by atoms with Crippen molar-refractivity contribution in [2.45, 2.75) is 13.1 Å². The fourth-order valence-electron chi connectivity index (χ4n) is 2.15. The molecule has 0 radical (unpaired) electrons. The number of aliphatic imine (C=N–C) groups is 2. The second-order valence-electron chi connectivity index (χ2n) is 4.43. The molecule has 2 nitrogen and oxygen atoms in total. The SMILES string of the molecule is C1=NCc2ccccc21.IC1=NCc2ccccc21.II.[2H]CF. The number of nitrogens with zero attached hydrogens (tertiary/aromatic N) is 2. The van der Waals surface area contributed by atoms with Gasteiger partial charge in [0.2, 0.25) is 0 Å². The maximum atomic E-state index is 9.96. The van der Waals surface area contributed by atoms with Gasteiger partial charge in [-0.15, -0.1) is 0 Å². The van der Waals surface area contributed by atoms with Gasteiger partial charge in [0, 0.05) is 49.0 Å². The van der Waals surface area contributed by atoms with Gasteiger partial charge in [0.05, 0.1) is 21.6 Å². The Bertz CT molecular complexity index is 693. The first-order chi connectivity index (χ1) is 11.8. The fraction of sp³-hybridized carbons (Fsp3) is 0.176. The molecule has 2 heterocycles. The molecule has 122 valence electrons. The van der Waals surface area contributed by atoms with Gasteiger partial charge in [-0.05, 0) is 39.3 Å². The van der Waals surface area contributed by atoms with E-state index in [9.17, 15) is 4.39 Å². The number of rotatable bonds is 0. The highest BCUT2D eigenvalue weighted by atomic mass is 128. The minimum absolute atomic E-state index is 0.869. The molecule has 0 aromatic heterocycles. The molecule has 0 aliphatic carbocycles. The maximum absolute atomic E-state index is 9.96. The van der Waals surface area contributed by atoms with E-state index in [0.29, 0.717) is 0 Å². The third-order valence-electron chi connectivity index (χ3n) is 3.17. The Morgan fingerprint density at radius 1 is 1.00 bits per heavy atom. The summed E-state index contributed by atoms with van der Waals surface area (Å²) in [5.74, 6) is 0. The summed E-state index contributed by atoms with van der Waals surface area (Å²) in [6, 6.07) is 16.7. The lowest BCUT2D eigenvalue weighted by Gasteiger charge is -1.93. The van der Waals surface area contributed by atoms with Crippen molar-refractivity contribution in [2.24, 2.45) is 9.98 Å². The van der Waals surface area contributed by atoms with E-state index in [4.69, 9.17) is 1.37 Å². The molecule has 0 spiro atoms. The summed E-state index contributed by atoms with van der Waals surface area (Å²) in [4.78, 5) is 8.43. The molecule has 2 aliphatic rings. The van der Waals surface area contributed by atoms with E-state index in [1.54, 1.807) is 0 Å². The predicted octanol–water partition coefficient (Wildman–Crippen LogP) is 6.36. The monoisotopic (exact) mass is 649 g/mol. The quantitative estimate of drug-likeness (QED) is 0.297. The van der Waals surface area contributed by atoms with Crippen LogP contribution >= 0.6 is 59.8 Å². The van der Waals surface area contributed by atoms with Gasteiger partial charge >= 0.3 is 0 Å². The molecule has 4 rings (SSSR count). The normalized spacial score (nSPS) is 12.9. The van der Waals surface area contributed by atoms with Crippen molar-refractivity contribution in [1.29, 1.82) is 0 Å². The van der Waals surface area contributed by atoms with Crippen molar-refractivity contribution in [1.82, 2.24) is 0 Å². The Kier molecular flexibility index (Phi) is 10.3. The Labute approximate surface area is 175 Å². The van der Waals surface area contributed by atoms with E-state index in [1.807, 2.05) is 18.3 Å². The lowest BCUT2D eigenvalue weighted by Crippen LogP contribution is -1.85. The van der Waals surface area contributed by atoms with Crippen molar-refractivity contribution in [2.75, 3.05) is 7.15 Å². The average molecular weight is 649 g/mol. The Morgan fingerprint density at radius 2 is 1.61 bits per heavy atom. The predicted molar refractivity (Wildman–Crippen MR) is 124 cm³/mol. The third kappa shape index (κ3) is 6.37. The van der Waals surface area contributed by atoms with Crippen LogP contribution in [0.1, 0.15) is 23.6 Å². The topological polar surface area (TPSA) is 24.7 Å². The van der Waals surface area contributed by atoms with Crippen LogP contribution in [0.3, 0.4) is 0 Å². The lowest BCUT2D eigenvalue weighted by molar-refractivity contribution is 0.636. The van der Waals surface area contributed by atoms with Gasteiger partial charge < -0.3 is 0 Å². The maximum Gasteiger partial charge on any atom is 0.103 e. The van der Waals surface area contributed by atoms with Crippen molar-refractivity contribution in [3.8, 4) is 0 Å². The molecule has 2 aromatic rings. The van der Waals surface area contributed by atoms with Gasteiger partial charge in [-0.2, -0.15) is 0 Å². The molecule has 0 fully saturated rings. The molecular weight excluding hydrogens is 632 g/mol. The summed E-state index contributed by atoms with van der Waals surface area (Å²) in [5, 5.41) is 0. The fourth-order valence-corrected chi connectivity index (χ4v) is 2.84. The van der Waals surface area contributed by atoms with Crippen LogP contribution in [-0.2, 0) is 13.1 Å². The number of fused-ring (bicyclic) bond motifs is 2. The van der Waals surface area contributed by atoms with E-state index < -0.39 is 7.15 Å². The van der Waals surface area contributed by atoms with Crippen LogP contribution in [0.4, 0.5) is 4.39 Å². The van der Waals surface area contributed by atoms with E-state index in [-0.39, 0.29) is 0 Å². The molecule has 0 amide bonds. The van der Waals surface area contributed by atoms with Crippen LogP contribution < -0.4 is 0 Å². The van der Waals surface area contributed by atoms with Crippen LogP contribution in [0.5, 0.6) is 0 Å². The number of benzene rings is 2. The molecule has 0 unspecified atom stereocenters. The summed E-state index contributed by atoms with van der Waals surface area (Å²) in [6.07, 6.45) is 1.93. The molecule has 6 heteroatoms. The number of hydrogen-bond donors (Lipinski definition) is 0. The Balaban J connectivity index is 0.000000191. The van der Waals surface area contributed by atoms with E-state index >= 15 is 0 Å². The van der Waals surface area contributed by atoms with Crippen molar-refractivity contribution in [3.05, 3.63) is 70.8 Å². The first kappa shape index (κ1) is 19.2. The molecule has 0 saturated heterocycles. The highest BCUT2D eigenvalue weighted by molar-refractivity contribution is 15.0. The third-order valence-corrected chi connectivity index (χ3v) is 4.10. The van der Waals surface area contributed by atoms with Crippen LogP contribution in [-0.4, -0.2) is 17.1 Å². The summed E-state index contributed by atoms with van der Waals surface area (Å²) < 4.78 is 16.6. The van der Waals surface area contributed by atoms with Crippen molar-refractivity contribution >= 4 is 69.8 Å². The van der Waals surface area contributed by atoms with Crippen LogP contribution in [0.25, 0.3) is 0 Å². The van der Waals surface area contributed by atoms with E-state index in [0.717, 1.165) is 16.8 Å². The number of halogens is 4. The molecule has 0 bridgehead atoms. The summed E-state index contributed by atoms with van der Waals surface area (Å²) in [7, 11) is -1.00. The largest absolute Gasteiger partial charge is 0.288 e. The molecule has 0 N–H and O–H groups in total. The van der Waals surface area contributed by atoms with Crippen molar-refractivity contribution < 1.29 is 5.76 Å². The molecular formula is C17H16FI3N2. The zero-order valence-electron chi connectivity index (χ0n) is 13.2. The molecule has 0 saturated carbocycles. The van der Waals surface area contributed by atoms with Crippen LogP contribution in [0.2, 0.25) is 0 Å². The van der Waals surface area contributed by atoms with Crippen LogP contribution in [0.15, 0.2) is 58.5 Å². The summed E-state index contributed by atoms with van der Waals surface area (Å²) >= 11 is 6.51. The van der Waals surface area contributed by atoms with Gasteiger partial charge in [0.15, 0.2) is 0 Å². The zero-order valence-corrected chi connectivity index (χ0v) is 18.7. The second-order valence-corrected chi connectivity index (χ2v) is 5.45. The molecule has 2 aliphatic heterocycles. The first-order valence-corrected chi connectivity index (χ1v) is 14.0. The molecule has 2 aromatic carbocycles. The standard InChI is InChI=1S/C8H6IN.C8H7N.CH3F.I2/c9-8-7-4-2-1-3-6(7)5-10-8;1-2-4-8-6-9-5-7(8)3-1;2*1-2/h1-4H,5H2;1-5H,6H2;1H3;/i;;1D;. The van der Waals surface area contributed by atoms with E-state index in [1.165, 1.54) is 22.3 Å². The zero-order chi connectivity index (χ0) is 17.8. The minimum atomic E-state index is -1.00. The summed E-state index contributed by atoms with van der Waals surface area (Å²) in [5.41, 5.74) is 5.28. The lowest BCUT2D eigenvalue weighted by atomic mass is 10.1. The van der Waals surface area contributed by atoms with Gasteiger partial charge in [-0.25, -0.2) is 0 Å². The Hall–Kier alpha value is -0.1000. The summed E-state index contributed by atoms with van der Waals surface area (Å²) in [6.45, 7) is 1.74. The van der Waals surface area contributed by atoms with Gasteiger partial charge in [0.25, 0.3) is 0 Å². The van der Waals surface area contributed by atoms with Crippen molar-refractivity contribution in [3.63, 3.8) is 0 Å².